The van der Waals surface area contributed by atoms with Gasteiger partial charge in [-0.2, -0.15) is 0 Å². The second kappa shape index (κ2) is 5.68. The zero-order valence-electron chi connectivity index (χ0n) is 9.48. The summed E-state index contributed by atoms with van der Waals surface area (Å²) in [4.78, 5) is 4.12. The molecule has 1 aromatic heterocycles. The van der Waals surface area contributed by atoms with Crippen molar-refractivity contribution in [2.75, 3.05) is 11.9 Å². The molecule has 17 heavy (non-hydrogen) atoms. The van der Waals surface area contributed by atoms with E-state index in [4.69, 9.17) is 4.74 Å². The van der Waals surface area contributed by atoms with Crippen LogP contribution in [0.15, 0.2) is 47.2 Å². The van der Waals surface area contributed by atoms with Gasteiger partial charge < -0.3 is 10.1 Å². The van der Waals surface area contributed by atoms with Gasteiger partial charge in [-0.3, -0.25) is 4.98 Å². The molecule has 0 saturated heterocycles. The number of benzene rings is 1. The van der Waals surface area contributed by atoms with E-state index in [1.807, 2.05) is 37.3 Å². The van der Waals surface area contributed by atoms with Crippen molar-refractivity contribution in [3.05, 3.63) is 47.2 Å². The normalized spacial score (nSPS) is 10.0. The van der Waals surface area contributed by atoms with Crippen LogP contribution in [0, 0.1) is 0 Å². The van der Waals surface area contributed by atoms with E-state index in [0.717, 1.165) is 28.2 Å². The van der Waals surface area contributed by atoms with Gasteiger partial charge in [-0.05, 0) is 25.1 Å². The van der Waals surface area contributed by atoms with Gasteiger partial charge in [0.25, 0.3) is 0 Å². The van der Waals surface area contributed by atoms with Crippen LogP contribution in [-0.4, -0.2) is 11.5 Å². The van der Waals surface area contributed by atoms with Crippen LogP contribution < -0.4 is 10.1 Å². The summed E-state index contributed by atoms with van der Waals surface area (Å²) in [7, 11) is 0. The molecule has 0 aliphatic rings. The molecule has 1 N–H and O–H groups in total. The summed E-state index contributed by atoms with van der Waals surface area (Å²) in [6.45, 7) is 2.91. The maximum absolute atomic E-state index is 5.71. The highest BCUT2D eigenvalue weighted by atomic mass is 79.9. The number of pyridine rings is 1. The molecule has 2 rings (SSSR count). The van der Waals surface area contributed by atoms with Crippen molar-refractivity contribution < 1.29 is 4.74 Å². The number of anilines is 1. The Morgan fingerprint density at radius 2 is 2.12 bits per heavy atom. The van der Waals surface area contributed by atoms with E-state index in [0.29, 0.717) is 0 Å². The molecule has 4 heteroatoms. The van der Waals surface area contributed by atoms with Crippen LogP contribution in [0.4, 0.5) is 5.69 Å². The van der Waals surface area contributed by atoms with Crippen LogP contribution in [0.5, 0.6) is 11.5 Å². The second-order valence-corrected chi connectivity index (χ2v) is 4.41. The lowest BCUT2D eigenvalue weighted by Gasteiger charge is -2.08. The summed E-state index contributed by atoms with van der Waals surface area (Å²) in [5, 5.41) is 3.19. The standard InChI is InChI=1S/C13H13BrN2O/c1-2-16-11-7-13(9-15-8-11)17-12-5-3-4-10(14)6-12/h3-9,16H,2H2,1H3. The summed E-state index contributed by atoms with van der Waals surface area (Å²) in [5.41, 5.74) is 0.958. The molecule has 1 heterocycles. The third-order valence-corrected chi connectivity index (χ3v) is 2.62. The van der Waals surface area contributed by atoms with Crippen molar-refractivity contribution in [2.24, 2.45) is 0 Å². The molecular weight excluding hydrogens is 280 g/mol. The molecule has 0 amide bonds. The Kier molecular flexibility index (Phi) is 3.98. The third kappa shape index (κ3) is 3.46. The average molecular weight is 293 g/mol. The minimum absolute atomic E-state index is 0.724. The Labute approximate surface area is 109 Å². The molecule has 2 aromatic rings. The van der Waals surface area contributed by atoms with Crippen LogP contribution >= 0.6 is 15.9 Å². The number of hydrogen-bond donors (Lipinski definition) is 1. The highest BCUT2D eigenvalue weighted by molar-refractivity contribution is 9.10. The van der Waals surface area contributed by atoms with E-state index in [2.05, 4.69) is 26.2 Å². The third-order valence-electron chi connectivity index (χ3n) is 2.13. The second-order valence-electron chi connectivity index (χ2n) is 3.50. The van der Waals surface area contributed by atoms with Crippen LogP contribution in [-0.2, 0) is 0 Å². The summed E-state index contributed by atoms with van der Waals surface area (Å²) in [6.07, 6.45) is 3.47. The van der Waals surface area contributed by atoms with E-state index in [1.165, 1.54) is 0 Å². The number of nitrogens with one attached hydrogen (secondary N) is 1. The molecule has 0 aliphatic carbocycles. The molecule has 3 nitrogen and oxygen atoms in total. The van der Waals surface area contributed by atoms with Crippen molar-refractivity contribution in [3.8, 4) is 11.5 Å². The molecule has 0 atom stereocenters. The minimum atomic E-state index is 0.724. The van der Waals surface area contributed by atoms with Crippen LogP contribution in [0.25, 0.3) is 0 Å². The van der Waals surface area contributed by atoms with Crippen LogP contribution in [0.1, 0.15) is 6.92 Å². The van der Waals surface area contributed by atoms with Crippen molar-refractivity contribution in [2.45, 2.75) is 6.92 Å². The Morgan fingerprint density at radius 3 is 2.88 bits per heavy atom. The summed E-state index contributed by atoms with van der Waals surface area (Å²) >= 11 is 3.41. The molecular formula is C13H13BrN2O. The predicted octanol–water partition coefficient (Wildman–Crippen LogP) is 4.07. The Bertz CT molecular complexity index is 502. The highest BCUT2D eigenvalue weighted by Gasteiger charge is 1.99. The topological polar surface area (TPSA) is 34.2 Å². The van der Waals surface area contributed by atoms with Gasteiger partial charge in [0.1, 0.15) is 11.5 Å². The Balaban J connectivity index is 2.15. The number of aromatic nitrogens is 1. The van der Waals surface area contributed by atoms with Gasteiger partial charge in [-0.25, -0.2) is 0 Å². The first kappa shape index (κ1) is 11.9. The predicted molar refractivity (Wildman–Crippen MR) is 72.6 cm³/mol. The van der Waals surface area contributed by atoms with Crippen molar-refractivity contribution >= 4 is 21.6 Å². The number of rotatable bonds is 4. The molecule has 0 bridgehead atoms. The first-order chi connectivity index (χ1) is 8.28. The fourth-order valence-electron chi connectivity index (χ4n) is 1.44. The first-order valence-electron chi connectivity index (χ1n) is 5.40. The molecule has 0 aliphatic heterocycles. The molecule has 0 spiro atoms. The van der Waals surface area contributed by atoms with Crippen LogP contribution in [0.3, 0.4) is 0 Å². The summed E-state index contributed by atoms with van der Waals surface area (Å²) < 4.78 is 6.71. The lowest BCUT2D eigenvalue weighted by atomic mass is 10.3. The molecule has 0 unspecified atom stereocenters. The SMILES string of the molecule is CCNc1cncc(Oc2cccc(Br)c2)c1. The zero-order valence-corrected chi connectivity index (χ0v) is 11.1. The van der Waals surface area contributed by atoms with E-state index in [-0.39, 0.29) is 0 Å². The van der Waals surface area contributed by atoms with Gasteiger partial charge in [0, 0.05) is 17.1 Å². The zero-order chi connectivity index (χ0) is 12.1. The fraction of sp³-hybridized carbons (Fsp3) is 0.154. The van der Waals surface area contributed by atoms with Gasteiger partial charge in [0.05, 0.1) is 18.1 Å². The molecule has 0 saturated carbocycles. The summed E-state index contributed by atoms with van der Waals surface area (Å²) in [5.74, 6) is 1.51. The van der Waals surface area contributed by atoms with E-state index in [1.54, 1.807) is 12.4 Å². The largest absolute Gasteiger partial charge is 0.456 e. The fourth-order valence-corrected chi connectivity index (χ4v) is 1.82. The van der Waals surface area contributed by atoms with Crippen molar-refractivity contribution in [3.63, 3.8) is 0 Å². The van der Waals surface area contributed by atoms with Gasteiger partial charge in [0.2, 0.25) is 0 Å². The number of hydrogen-bond acceptors (Lipinski definition) is 3. The van der Waals surface area contributed by atoms with E-state index >= 15 is 0 Å². The number of ether oxygens (including phenoxy) is 1. The van der Waals surface area contributed by atoms with Crippen molar-refractivity contribution in [1.82, 2.24) is 4.98 Å². The maximum Gasteiger partial charge on any atom is 0.147 e. The van der Waals surface area contributed by atoms with Crippen LogP contribution in [0.2, 0.25) is 0 Å². The monoisotopic (exact) mass is 292 g/mol. The number of halogens is 1. The first-order valence-corrected chi connectivity index (χ1v) is 6.19. The van der Waals surface area contributed by atoms with Crippen molar-refractivity contribution in [1.29, 1.82) is 0 Å². The van der Waals surface area contributed by atoms with Gasteiger partial charge >= 0.3 is 0 Å². The van der Waals surface area contributed by atoms with Gasteiger partial charge in [-0.15, -0.1) is 0 Å². The van der Waals surface area contributed by atoms with E-state index < -0.39 is 0 Å². The van der Waals surface area contributed by atoms with Gasteiger partial charge in [0.15, 0.2) is 0 Å². The maximum atomic E-state index is 5.71. The average Bonchev–Trinajstić information content (AvgIpc) is 2.30. The van der Waals surface area contributed by atoms with E-state index in [9.17, 15) is 0 Å². The lowest BCUT2D eigenvalue weighted by Crippen LogP contribution is -1.97. The van der Waals surface area contributed by atoms with Gasteiger partial charge in [-0.1, -0.05) is 22.0 Å². The smallest absolute Gasteiger partial charge is 0.147 e. The summed E-state index contributed by atoms with van der Waals surface area (Å²) in [6, 6.07) is 9.64. The molecule has 1 aromatic carbocycles. The molecule has 88 valence electrons. The highest BCUT2D eigenvalue weighted by Crippen LogP contribution is 2.25. The lowest BCUT2D eigenvalue weighted by molar-refractivity contribution is 0.480. The Hall–Kier alpha value is -1.55. The quantitative estimate of drug-likeness (QED) is 0.922. The molecule has 0 fully saturated rings. The molecule has 0 radical (unpaired) electrons. The number of nitrogens with zero attached hydrogens (tertiary/aromatic N) is 1. The minimum Gasteiger partial charge on any atom is -0.456 e. The Morgan fingerprint density at radius 1 is 1.24 bits per heavy atom.